The van der Waals surface area contributed by atoms with Crippen LogP contribution in [0.4, 0.5) is 5.69 Å². The zero-order valence-electron chi connectivity index (χ0n) is 17.6. The van der Waals surface area contributed by atoms with Gasteiger partial charge >= 0.3 is 0 Å². The number of rotatable bonds is 8. The molecule has 0 spiro atoms. The normalized spacial score (nSPS) is 12.1. The van der Waals surface area contributed by atoms with E-state index in [1.807, 2.05) is 32.9 Å². The fraction of sp³-hybridized carbons (Fsp3) is 0.364. The van der Waals surface area contributed by atoms with Crippen molar-refractivity contribution < 1.29 is 13.2 Å². The van der Waals surface area contributed by atoms with E-state index >= 15 is 0 Å². The van der Waals surface area contributed by atoms with Crippen molar-refractivity contribution in [3.8, 4) is 0 Å². The minimum atomic E-state index is -3.82. The van der Waals surface area contributed by atoms with Crippen LogP contribution in [0.3, 0.4) is 0 Å². The van der Waals surface area contributed by atoms with Crippen LogP contribution in [-0.4, -0.2) is 20.0 Å². The smallest absolute Gasteiger partial charge is 0.271 e. The van der Waals surface area contributed by atoms with E-state index in [2.05, 4.69) is 29.1 Å². The van der Waals surface area contributed by atoms with Crippen LogP contribution < -0.4 is 10.1 Å². The van der Waals surface area contributed by atoms with Crippen LogP contribution >= 0.6 is 0 Å². The number of anilines is 1. The van der Waals surface area contributed by atoms with Gasteiger partial charge in [0.15, 0.2) is 0 Å². The summed E-state index contributed by atoms with van der Waals surface area (Å²) in [6.07, 6.45) is 1.79. The quantitative estimate of drug-likeness (QED) is 0.486. The van der Waals surface area contributed by atoms with Gasteiger partial charge < -0.3 is 0 Å². The molecule has 0 saturated heterocycles. The second-order valence-corrected chi connectivity index (χ2v) is 9.35. The van der Waals surface area contributed by atoms with Gasteiger partial charge in [0.2, 0.25) is 0 Å². The lowest BCUT2D eigenvalue weighted by molar-refractivity contribution is 0.0954. The third-order valence-electron chi connectivity index (χ3n) is 4.46. The summed E-state index contributed by atoms with van der Waals surface area (Å²) in [6, 6.07) is 11.4. The van der Waals surface area contributed by atoms with Crippen molar-refractivity contribution in [2.75, 3.05) is 4.72 Å². The molecule has 2 rings (SSSR count). The first-order valence-corrected chi connectivity index (χ1v) is 11.1. The minimum absolute atomic E-state index is 0.0191. The number of amides is 1. The molecule has 156 valence electrons. The lowest BCUT2D eigenvalue weighted by atomic mass is 10.1. The number of aryl methyl sites for hydroxylation is 2. The Morgan fingerprint density at radius 2 is 1.83 bits per heavy atom. The number of carbonyl (C=O) groups excluding carboxylic acids is 1. The molecule has 2 aromatic carbocycles. The fourth-order valence-corrected chi connectivity index (χ4v) is 3.88. The molecular formula is C22H29N3O3S. The highest BCUT2D eigenvalue weighted by Crippen LogP contribution is 2.21. The first-order chi connectivity index (χ1) is 13.6. The number of benzene rings is 2. The second kappa shape index (κ2) is 9.69. The van der Waals surface area contributed by atoms with E-state index < -0.39 is 15.9 Å². The van der Waals surface area contributed by atoms with Gasteiger partial charge in [0.25, 0.3) is 15.9 Å². The first kappa shape index (κ1) is 22.6. The van der Waals surface area contributed by atoms with Crippen molar-refractivity contribution in [3.05, 3.63) is 59.2 Å². The number of carbonyl (C=O) groups is 1. The maximum Gasteiger partial charge on any atom is 0.271 e. The van der Waals surface area contributed by atoms with Gasteiger partial charge in [-0.05, 0) is 69.4 Å². The summed E-state index contributed by atoms with van der Waals surface area (Å²) in [5, 5.41) is 4.10. The molecular weight excluding hydrogens is 386 g/mol. The number of hydrogen-bond donors (Lipinski definition) is 2. The Labute approximate surface area is 173 Å². The molecule has 0 aliphatic rings. The number of nitrogens with one attached hydrogen (secondary N) is 2. The van der Waals surface area contributed by atoms with Gasteiger partial charge in [-0.3, -0.25) is 9.52 Å². The van der Waals surface area contributed by atoms with Crippen molar-refractivity contribution in [3.63, 3.8) is 0 Å². The molecule has 0 aromatic heterocycles. The number of hydrogen-bond acceptors (Lipinski definition) is 4. The molecule has 0 aliphatic heterocycles. The van der Waals surface area contributed by atoms with Gasteiger partial charge in [-0.2, -0.15) is 5.10 Å². The monoisotopic (exact) mass is 415 g/mol. The molecule has 7 heteroatoms. The van der Waals surface area contributed by atoms with Crippen molar-refractivity contribution in [2.24, 2.45) is 11.0 Å². The lowest BCUT2D eigenvalue weighted by Crippen LogP contribution is -2.20. The van der Waals surface area contributed by atoms with Crippen LogP contribution in [0, 0.1) is 19.8 Å². The summed E-state index contributed by atoms with van der Waals surface area (Å²) < 4.78 is 28.1. The van der Waals surface area contributed by atoms with Crippen molar-refractivity contribution >= 4 is 27.3 Å². The number of sulfonamides is 1. The van der Waals surface area contributed by atoms with Crippen molar-refractivity contribution in [1.29, 1.82) is 0 Å². The predicted octanol–water partition coefficient (Wildman–Crippen LogP) is 4.65. The molecule has 0 bridgehead atoms. The average Bonchev–Trinajstić information content (AvgIpc) is 2.66. The molecule has 0 heterocycles. The molecule has 29 heavy (non-hydrogen) atoms. The lowest BCUT2D eigenvalue weighted by Gasteiger charge is -2.12. The summed E-state index contributed by atoms with van der Waals surface area (Å²) in [7, 11) is -3.82. The van der Waals surface area contributed by atoms with Crippen LogP contribution in [0.5, 0.6) is 0 Å². The molecule has 1 amide bonds. The van der Waals surface area contributed by atoms with Gasteiger partial charge in [0.1, 0.15) is 0 Å². The van der Waals surface area contributed by atoms with Crippen LogP contribution in [-0.2, 0) is 10.0 Å². The van der Waals surface area contributed by atoms with E-state index in [4.69, 9.17) is 0 Å². The molecule has 0 unspecified atom stereocenters. The van der Waals surface area contributed by atoms with E-state index in [0.29, 0.717) is 11.6 Å². The molecule has 0 saturated carbocycles. The maximum absolute atomic E-state index is 12.8. The van der Waals surface area contributed by atoms with Gasteiger partial charge in [-0.1, -0.05) is 37.6 Å². The molecule has 0 radical (unpaired) electrons. The topological polar surface area (TPSA) is 87.6 Å². The largest absolute Gasteiger partial charge is 0.279 e. The first-order valence-electron chi connectivity index (χ1n) is 9.62. The molecule has 0 atom stereocenters. The summed E-state index contributed by atoms with van der Waals surface area (Å²) in [4.78, 5) is 12.4. The van der Waals surface area contributed by atoms with E-state index in [9.17, 15) is 13.2 Å². The van der Waals surface area contributed by atoms with Crippen molar-refractivity contribution in [2.45, 2.75) is 52.4 Å². The van der Waals surface area contributed by atoms with Crippen LogP contribution in [0.25, 0.3) is 0 Å². The Morgan fingerprint density at radius 3 is 2.48 bits per heavy atom. The molecule has 2 N–H and O–H groups in total. The van der Waals surface area contributed by atoms with E-state index in [1.165, 1.54) is 12.1 Å². The third-order valence-corrected chi connectivity index (χ3v) is 5.83. The number of nitrogens with zero attached hydrogens (tertiary/aromatic N) is 1. The highest BCUT2D eigenvalue weighted by Gasteiger charge is 2.17. The Kier molecular flexibility index (Phi) is 7.56. The Hall–Kier alpha value is -2.67. The minimum Gasteiger partial charge on any atom is -0.279 e. The van der Waals surface area contributed by atoms with Crippen LogP contribution in [0.15, 0.2) is 52.5 Å². The summed E-state index contributed by atoms with van der Waals surface area (Å²) in [5.74, 6) is 0.111. The average molecular weight is 416 g/mol. The molecule has 0 fully saturated rings. The standard InChI is InChI=1S/C22H29N3O3S/c1-15(2)9-11-18(5)23-24-22(26)19-7-6-8-20(14-19)29(27,28)25-21-12-10-16(3)13-17(21)4/h6-8,10,12-15,25H,9,11H2,1-5H3,(H,24,26)/b23-18+. The molecule has 6 nitrogen and oxygen atoms in total. The van der Waals surface area contributed by atoms with Crippen molar-refractivity contribution in [1.82, 2.24) is 5.43 Å². The second-order valence-electron chi connectivity index (χ2n) is 7.67. The van der Waals surface area contributed by atoms with E-state index in [1.54, 1.807) is 18.2 Å². The van der Waals surface area contributed by atoms with Crippen LogP contribution in [0.1, 0.15) is 55.1 Å². The maximum atomic E-state index is 12.8. The molecule has 0 aliphatic carbocycles. The number of hydrazone groups is 1. The summed E-state index contributed by atoms with van der Waals surface area (Å²) >= 11 is 0. The highest BCUT2D eigenvalue weighted by atomic mass is 32.2. The van der Waals surface area contributed by atoms with Crippen LogP contribution in [0.2, 0.25) is 0 Å². The Bertz CT molecular complexity index is 1010. The zero-order chi connectivity index (χ0) is 21.6. The predicted molar refractivity (Wildman–Crippen MR) is 118 cm³/mol. The van der Waals surface area contributed by atoms with Gasteiger partial charge in [-0.25, -0.2) is 13.8 Å². The summed E-state index contributed by atoms with van der Waals surface area (Å²) in [5.41, 5.74) is 5.94. The Balaban J connectivity index is 2.15. The fourth-order valence-electron chi connectivity index (χ4n) is 2.70. The SMILES string of the molecule is C/C(CCC(C)C)=N\NC(=O)c1cccc(S(=O)(=O)Nc2ccc(C)cc2C)c1. The zero-order valence-corrected chi connectivity index (χ0v) is 18.4. The summed E-state index contributed by atoms with van der Waals surface area (Å²) in [6.45, 7) is 9.90. The molecule has 2 aromatic rings. The van der Waals surface area contributed by atoms with E-state index in [-0.39, 0.29) is 10.5 Å². The highest BCUT2D eigenvalue weighted by molar-refractivity contribution is 7.92. The van der Waals surface area contributed by atoms with Gasteiger partial charge in [-0.15, -0.1) is 0 Å². The van der Waals surface area contributed by atoms with Gasteiger partial charge in [0.05, 0.1) is 10.6 Å². The van der Waals surface area contributed by atoms with E-state index in [0.717, 1.165) is 29.7 Å². The van der Waals surface area contributed by atoms with Gasteiger partial charge in [0, 0.05) is 11.3 Å². The third kappa shape index (κ3) is 6.71. The Morgan fingerprint density at radius 1 is 1.10 bits per heavy atom.